The smallest absolute Gasteiger partial charge is 0.251 e. The number of nitrogens with one attached hydrogen (secondary N) is 2. The minimum atomic E-state index is -0.119. The van der Waals surface area contributed by atoms with Crippen molar-refractivity contribution in [1.82, 2.24) is 10.3 Å². The van der Waals surface area contributed by atoms with Crippen molar-refractivity contribution >= 4 is 22.6 Å². The molecule has 2 N–H and O–H groups in total. The van der Waals surface area contributed by atoms with E-state index in [1.165, 1.54) is 0 Å². The normalized spacial score (nSPS) is 14.8. The van der Waals surface area contributed by atoms with Crippen molar-refractivity contribution in [2.45, 2.75) is 19.4 Å². The molecule has 4 aromatic rings. The number of rotatable bonds is 5. The van der Waals surface area contributed by atoms with Gasteiger partial charge < -0.3 is 15.0 Å². The number of Topliss-reactive ketones (excluding diaryl/α,β-unsaturated/α-hetero) is 1. The van der Waals surface area contributed by atoms with Gasteiger partial charge in [-0.15, -0.1) is 0 Å². The highest BCUT2D eigenvalue weighted by atomic mass is 16.5. The number of H-pyrrole nitrogens is 1. The third-order valence-electron chi connectivity index (χ3n) is 5.73. The number of carbonyl (C=O) groups excluding carboxylic acids is 2. The Kier molecular flexibility index (Phi) is 4.79. The lowest BCUT2D eigenvalue weighted by molar-refractivity contribution is 0.0933. The first-order valence-electron chi connectivity index (χ1n) is 10.3. The number of benzene rings is 3. The number of carbonyl (C=O) groups is 2. The third kappa shape index (κ3) is 3.70. The second-order valence-corrected chi connectivity index (χ2v) is 7.86. The highest BCUT2D eigenvalue weighted by molar-refractivity contribution is 6.01. The van der Waals surface area contributed by atoms with Crippen LogP contribution in [0.25, 0.3) is 22.0 Å². The molecule has 0 radical (unpaired) electrons. The first-order chi connectivity index (χ1) is 15.1. The number of fused-ring (bicyclic) bond motifs is 2. The number of aromatic amines is 1. The molecule has 5 nitrogen and oxygen atoms in total. The molecule has 3 aromatic carbocycles. The topological polar surface area (TPSA) is 71.2 Å². The lowest BCUT2D eigenvalue weighted by Crippen LogP contribution is -2.34. The van der Waals surface area contributed by atoms with Gasteiger partial charge in [0.1, 0.15) is 11.9 Å². The standard InChI is InChI=1S/C26H22N2O3/c1-16(29)22-4-2-3-5-23(22)18-8-9-25-20(12-18)13-21(31-25)15-28-26(30)19-7-6-17-10-11-27-24(17)14-19/h2-12,14,21,27H,13,15H2,1H3,(H,28,30). The summed E-state index contributed by atoms with van der Waals surface area (Å²) in [6, 6.07) is 21.2. The van der Waals surface area contributed by atoms with Crippen molar-refractivity contribution < 1.29 is 14.3 Å². The van der Waals surface area contributed by atoms with Gasteiger partial charge in [-0.05, 0) is 59.3 Å². The second kappa shape index (κ2) is 7.76. The van der Waals surface area contributed by atoms with E-state index in [0.717, 1.165) is 33.3 Å². The minimum absolute atomic E-state index is 0.0467. The third-order valence-corrected chi connectivity index (χ3v) is 5.73. The highest BCUT2D eigenvalue weighted by Crippen LogP contribution is 2.34. The van der Waals surface area contributed by atoms with Crippen molar-refractivity contribution in [3.05, 3.63) is 89.6 Å². The van der Waals surface area contributed by atoms with Crippen LogP contribution in [0, 0.1) is 0 Å². The van der Waals surface area contributed by atoms with Gasteiger partial charge in [0.2, 0.25) is 0 Å². The monoisotopic (exact) mass is 410 g/mol. The summed E-state index contributed by atoms with van der Waals surface area (Å²) < 4.78 is 6.03. The zero-order valence-corrected chi connectivity index (χ0v) is 17.1. The van der Waals surface area contributed by atoms with Gasteiger partial charge in [0, 0.05) is 29.3 Å². The van der Waals surface area contributed by atoms with Crippen molar-refractivity contribution in [2.75, 3.05) is 6.54 Å². The Hall–Kier alpha value is -3.86. The van der Waals surface area contributed by atoms with E-state index >= 15 is 0 Å². The molecule has 1 aliphatic rings. The van der Waals surface area contributed by atoms with Gasteiger partial charge in [-0.2, -0.15) is 0 Å². The number of amides is 1. The fourth-order valence-corrected chi connectivity index (χ4v) is 4.14. The van der Waals surface area contributed by atoms with Crippen LogP contribution < -0.4 is 10.1 Å². The van der Waals surface area contributed by atoms with Crippen molar-refractivity contribution in [1.29, 1.82) is 0 Å². The molecule has 0 spiro atoms. The van der Waals surface area contributed by atoms with E-state index in [1.807, 2.05) is 66.9 Å². The molecular weight excluding hydrogens is 388 g/mol. The van der Waals surface area contributed by atoms with E-state index in [9.17, 15) is 9.59 Å². The van der Waals surface area contributed by atoms with Gasteiger partial charge >= 0.3 is 0 Å². The van der Waals surface area contributed by atoms with Crippen LogP contribution in [0.5, 0.6) is 5.75 Å². The molecule has 5 heteroatoms. The molecule has 0 fully saturated rings. The average molecular weight is 410 g/mol. The Morgan fingerprint density at radius 1 is 1.06 bits per heavy atom. The van der Waals surface area contributed by atoms with Crippen LogP contribution >= 0.6 is 0 Å². The highest BCUT2D eigenvalue weighted by Gasteiger charge is 2.24. The predicted molar refractivity (Wildman–Crippen MR) is 121 cm³/mol. The van der Waals surface area contributed by atoms with E-state index in [-0.39, 0.29) is 17.8 Å². The molecule has 1 atom stereocenters. The molecule has 154 valence electrons. The second-order valence-electron chi connectivity index (χ2n) is 7.86. The lowest BCUT2D eigenvalue weighted by Gasteiger charge is -2.12. The summed E-state index contributed by atoms with van der Waals surface area (Å²) in [4.78, 5) is 27.7. The molecule has 0 saturated heterocycles. The SMILES string of the molecule is CC(=O)c1ccccc1-c1ccc2c(c1)CC(CNC(=O)c1ccc3cc[nH]c3c1)O2. The summed E-state index contributed by atoms with van der Waals surface area (Å²) in [6.45, 7) is 2.01. The fourth-order valence-electron chi connectivity index (χ4n) is 4.14. The van der Waals surface area contributed by atoms with Crippen LogP contribution in [0.3, 0.4) is 0 Å². The lowest BCUT2D eigenvalue weighted by atomic mass is 9.95. The van der Waals surface area contributed by atoms with Gasteiger partial charge in [-0.3, -0.25) is 9.59 Å². The largest absolute Gasteiger partial charge is 0.488 e. The van der Waals surface area contributed by atoms with Crippen molar-refractivity contribution in [3.63, 3.8) is 0 Å². The molecule has 0 bridgehead atoms. The quantitative estimate of drug-likeness (QED) is 0.466. The Labute approximate surface area is 180 Å². The first-order valence-corrected chi connectivity index (χ1v) is 10.3. The van der Waals surface area contributed by atoms with E-state index in [1.54, 1.807) is 6.92 Å². The van der Waals surface area contributed by atoms with Crippen LogP contribution in [0.4, 0.5) is 0 Å². The maximum Gasteiger partial charge on any atom is 0.251 e. The van der Waals surface area contributed by atoms with Crippen molar-refractivity contribution in [2.24, 2.45) is 0 Å². The summed E-state index contributed by atoms with van der Waals surface area (Å²) >= 11 is 0. The number of hydrogen-bond acceptors (Lipinski definition) is 3. The zero-order valence-electron chi connectivity index (χ0n) is 17.1. The number of hydrogen-bond donors (Lipinski definition) is 2. The van der Waals surface area contributed by atoms with E-state index in [2.05, 4.69) is 16.4 Å². The molecule has 1 aliphatic heterocycles. The first kappa shape index (κ1) is 19.1. The van der Waals surface area contributed by atoms with Crippen LogP contribution in [0.15, 0.2) is 72.9 Å². The fraction of sp³-hybridized carbons (Fsp3) is 0.154. The molecular formula is C26H22N2O3. The van der Waals surface area contributed by atoms with Crippen LogP contribution in [0.2, 0.25) is 0 Å². The van der Waals surface area contributed by atoms with Gasteiger partial charge in [0.05, 0.1) is 6.54 Å². The van der Waals surface area contributed by atoms with E-state index in [4.69, 9.17) is 4.74 Å². The molecule has 5 rings (SSSR count). The number of ether oxygens (including phenoxy) is 1. The minimum Gasteiger partial charge on any atom is -0.488 e. The summed E-state index contributed by atoms with van der Waals surface area (Å²) in [5.74, 6) is 0.758. The Bertz CT molecular complexity index is 1310. The molecule has 1 aromatic heterocycles. The number of aromatic nitrogens is 1. The zero-order chi connectivity index (χ0) is 21.4. The maximum atomic E-state index is 12.6. The van der Waals surface area contributed by atoms with Crippen LogP contribution in [-0.2, 0) is 6.42 Å². The van der Waals surface area contributed by atoms with Crippen LogP contribution in [0.1, 0.15) is 33.2 Å². The Balaban J connectivity index is 1.27. The van der Waals surface area contributed by atoms with E-state index < -0.39 is 0 Å². The summed E-state index contributed by atoms with van der Waals surface area (Å²) in [5, 5.41) is 4.06. The summed E-state index contributed by atoms with van der Waals surface area (Å²) in [5.41, 5.74) is 5.28. The molecule has 0 aliphatic carbocycles. The van der Waals surface area contributed by atoms with Crippen molar-refractivity contribution in [3.8, 4) is 16.9 Å². The number of ketones is 1. The Morgan fingerprint density at radius 2 is 1.94 bits per heavy atom. The maximum absolute atomic E-state index is 12.6. The molecule has 2 heterocycles. The molecule has 1 amide bonds. The van der Waals surface area contributed by atoms with Crippen LogP contribution in [-0.4, -0.2) is 29.3 Å². The van der Waals surface area contributed by atoms with Gasteiger partial charge in [-0.25, -0.2) is 0 Å². The van der Waals surface area contributed by atoms with Gasteiger partial charge in [-0.1, -0.05) is 36.4 Å². The van der Waals surface area contributed by atoms with Gasteiger partial charge in [0.25, 0.3) is 5.91 Å². The van der Waals surface area contributed by atoms with Gasteiger partial charge in [0.15, 0.2) is 5.78 Å². The molecule has 0 saturated carbocycles. The molecule has 31 heavy (non-hydrogen) atoms. The predicted octanol–water partition coefficient (Wildman–Crippen LogP) is 4.77. The Morgan fingerprint density at radius 3 is 2.81 bits per heavy atom. The molecule has 1 unspecified atom stereocenters. The summed E-state index contributed by atoms with van der Waals surface area (Å²) in [7, 11) is 0. The average Bonchev–Trinajstić information content (AvgIpc) is 3.42. The summed E-state index contributed by atoms with van der Waals surface area (Å²) in [6.07, 6.45) is 2.45. The van der Waals surface area contributed by atoms with E-state index in [0.29, 0.717) is 24.1 Å².